The maximum atomic E-state index is 12.5. The fraction of sp³-hybridized carbons (Fsp3) is 0.850. The van der Waals surface area contributed by atoms with Gasteiger partial charge in [0.2, 0.25) is 0 Å². The Hall–Kier alpha value is -0.790. The van der Waals surface area contributed by atoms with Gasteiger partial charge in [-0.2, -0.15) is 0 Å². The molecule has 0 aromatic heterocycles. The largest absolute Gasteiger partial charge is 0.455 e. The van der Waals surface area contributed by atoms with E-state index in [0.717, 1.165) is 12.3 Å². The smallest absolute Gasteiger partial charge is 0.333 e. The van der Waals surface area contributed by atoms with Gasteiger partial charge in [-0.1, -0.05) is 27.4 Å². The van der Waals surface area contributed by atoms with Crippen LogP contribution in [-0.2, 0) is 9.53 Å². The Morgan fingerprint density at radius 3 is 2.27 bits per heavy atom. The summed E-state index contributed by atoms with van der Waals surface area (Å²) in [5, 5.41) is 0. The van der Waals surface area contributed by atoms with Crippen molar-refractivity contribution in [1.29, 1.82) is 0 Å². The van der Waals surface area contributed by atoms with Crippen LogP contribution in [0.25, 0.3) is 0 Å². The van der Waals surface area contributed by atoms with Crippen LogP contribution in [0.3, 0.4) is 0 Å². The second-order valence-corrected chi connectivity index (χ2v) is 8.94. The lowest BCUT2D eigenvalue weighted by molar-refractivity contribution is -0.226. The summed E-state index contributed by atoms with van der Waals surface area (Å²) in [5.41, 5.74) is 0.507. The van der Waals surface area contributed by atoms with E-state index in [1.165, 1.54) is 44.9 Å². The first-order chi connectivity index (χ1) is 10.2. The number of carbonyl (C=O) groups is 1. The van der Waals surface area contributed by atoms with E-state index in [1.807, 2.05) is 0 Å². The van der Waals surface area contributed by atoms with Crippen LogP contribution in [0.2, 0.25) is 0 Å². The van der Waals surface area contributed by atoms with Crippen LogP contribution >= 0.6 is 0 Å². The maximum absolute atomic E-state index is 12.5. The Morgan fingerprint density at radius 1 is 1.14 bits per heavy atom. The van der Waals surface area contributed by atoms with Crippen molar-refractivity contribution >= 4 is 5.97 Å². The van der Waals surface area contributed by atoms with Gasteiger partial charge in [-0.15, -0.1) is 0 Å². The minimum absolute atomic E-state index is 0.0373. The standard InChI is InChI=1S/C20H32O2/c1-14(2)17(21)22-20(10-6-7-15(3)18(20,4)5)19-11-8-16(13-19)9-12-19/h15-16H,1,6-13H2,2-5H3. The van der Waals surface area contributed by atoms with Gasteiger partial charge in [0.05, 0.1) is 0 Å². The maximum Gasteiger partial charge on any atom is 0.333 e. The number of esters is 1. The van der Waals surface area contributed by atoms with Crippen LogP contribution in [0, 0.1) is 22.7 Å². The third-order valence-corrected chi connectivity index (χ3v) is 7.65. The molecule has 3 rings (SSSR count). The third-order valence-electron chi connectivity index (χ3n) is 7.65. The van der Waals surface area contributed by atoms with E-state index in [-0.39, 0.29) is 22.4 Å². The summed E-state index contributed by atoms with van der Waals surface area (Å²) >= 11 is 0. The van der Waals surface area contributed by atoms with E-state index in [0.29, 0.717) is 11.5 Å². The molecule has 0 heterocycles. The van der Waals surface area contributed by atoms with E-state index in [9.17, 15) is 4.79 Å². The Kier molecular flexibility index (Phi) is 3.73. The van der Waals surface area contributed by atoms with Gasteiger partial charge >= 0.3 is 5.97 Å². The number of hydrogen-bond acceptors (Lipinski definition) is 2. The van der Waals surface area contributed by atoms with Crippen molar-refractivity contribution < 1.29 is 9.53 Å². The summed E-state index contributed by atoms with van der Waals surface area (Å²) in [6, 6.07) is 0. The quantitative estimate of drug-likeness (QED) is 0.524. The molecule has 0 saturated heterocycles. The lowest BCUT2D eigenvalue weighted by atomic mass is 9.50. The van der Waals surface area contributed by atoms with Gasteiger partial charge in [-0.05, 0) is 70.1 Å². The minimum Gasteiger partial charge on any atom is -0.455 e. The fourth-order valence-electron chi connectivity index (χ4n) is 5.98. The van der Waals surface area contributed by atoms with Crippen molar-refractivity contribution in [3.63, 3.8) is 0 Å². The van der Waals surface area contributed by atoms with E-state index in [2.05, 4.69) is 27.4 Å². The van der Waals surface area contributed by atoms with Gasteiger partial charge in [0.1, 0.15) is 5.60 Å². The first-order valence-corrected chi connectivity index (χ1v) is 9.13. The highest BCUT2D eigenvalue weighted by Gasteiger charge is 2.67. The predicted octanol–water partition coefficient (Wildman–Crippen LogP) is 5.27. The van der Waals surface area contributed by atoms with E-state index < -0.39 is 0 Å². The fourth-order valence-corrected chi connectivity index (χ4v) is 5.98. The van der Waals surface area contributed by atoms with Gasteiger partial charge in [0.15, 0.2) is 0 Å². The molecule has 0 aliphatic heterocycles. The van der Waals surface area contributed by atoms with Crippen LogP contribution in [0.4, 0.5) is 0 Å². The van der Waals surface area contributed by atoms with Gasteiger partial charge in [-0.3, -0.25) is 0 Å². The molecule has 2 atom stereocenters. The summed E-state index contributed by atoms with van der Waals surface area (Å²) in [6.07, 6.45) is 9.89. The number of ether oxygens (including phenoxy) is 1. The van der Waals surface area contributed by atoms with Gasteiger partial charge in [-0.25, -0.2) is 4.79 Å². The van der Waals surface area contributed by atoms with Crippen molar-refractivity contribution in [3.05, 3.63) is 12.2 Å². The zero-order chi connectivity index (χ0) is 16.2. The molecule has 124 valence electrons. The van der Waals surface area contributed by atoms with Gasteiger partial charge < -0.3 is 4.74 Å². The molecule has 2 unspecified atom stereocenters. The molecular formula is C20H32O2. The highest BCUT2D eigenvalue weighted by molar-refractivity contribution is 5.87. The van der Waals surface area contributed by atoms with Crippen molar-refractivity contribution in [2.24, 2.45) is 22.7 Å². The second-order valence-electron chi connectivity index (χ2n) is 8.94. The topological polar surface area (TPSA) is 26.3 Å². The molecule has 3 aliphatic rings. The van der Waals surface area contributed by atoms with E-state index in [1.54, 1.807) is 6.92 Å². The zero-order valence-electron chi connectivity index (χ0n) is 14.8. The average Bonchev–Trinajstić information content (AvgIpc) is 3.06. The average molecular weight is 304 g/mol. The summed E-state index contributed by atoms with van der Waals surface area (Å²) in [5.74, 6) is 1.29. The second kappa shape index (κ2) is 5.11. The van der Waals surface area contributed by atoms with Crippen LogP contribution in [0.1, 0.15) is 79.1 Å². The van der Waals surface area contributed by atoms with Crippen LogP contribution in [-0.4, -0.2) is 11.6 Å². The van der Waals surface area contributed by atoms with Crippen molar-refractivity contribution in [2.75, 3.05) is 0 Å². The molecule has 2 bridgehead atoms. The van der Waals surface area contributed by atoms with Gasteiger partial charge in [0, 0.05) is 16.4 Å². The Labute approximate surface area is 135 Å². The number of hydrogen-bond donors (Lipinski definition) is 0. The van der Waals surface area contributed by atoms with E-state index in [4.69, 9.17) is 4.74 Å². The number of fused-ring (bicyclic) bond motifs is 2. The summed E-state index contributed by atoms with van der Waals surface area (Å²) in [4.78, 5) is 12.5. The molecular weight excluding hydrogens is 272 g/mol. The summed E-state index contributed by atoms with van der Waals surface area (Å²) < 4.78 is 6.39. The summed E-state index contributed by atoms with van der Waals surface area (Å²) in [6.45, 7) is 12.7. The molecule has 0 aromatic carbocycles. The molecule has 0 N–H and O–H groups in total. The molecule has 3 fully saturated rings. The molecule has 0 spiro atoms. The lowest BCUT2D eigenvalue weighted by Crippen LogP contribution is -2.62. The zero-order valence-corrected chi connectivity index (χ0v) is 14.8. The SMILES string of the molecule is C=C(C)C(=O)OC1(C23CCC(CC2)C3)CCCC(C)C1(C)C. The number of carbonyl (C=O) groups excluding carboxylic acids is 1. The molecule has 3 saturated carbocycles. The first-order valence-electron chi connectivity index (χ1n) is 9.13. The molecule has 2 nitrogen and oxygen atoms in total. The van der Waals surface area contributed by atoms with Crippen LogP contribution in [0.15, 0.2) is 12.2 Å². The monoisotopic (exact) mass is 304 g/mol. The molecule has 0 amide bonds. The number of rotatable bonds is 3. The molecule has 22 heavy (non-hydrogen) atoms. The Bertz CT molecular complexity index is 482. The molecule has 0 aromatic rings. The lowest BCUT2D eigenvalue weighted by Gasteiger charge is -2.60. The van der Waals surface area contributed by atoms with Crippen molar-refractivity contribution in [3.8, 4) is 0 Å². The predicted molar refractivity (Wildman–Crippen MR) is 89.4 cm³/mol. The van der Waals surface area contributed by atoms with Gasteiger partial charge in [0.25, 0.3) is 0 Å². The Morgan fingerprint density at radius 2 is 1.77 bits per heavy atom. The Balaban J connectivity index is 2.06. The first kappa shape index (κ1) is 16.1. The minimum atomic E-state index is -0.293. The van der Waals surface area contributed by atoms with Crippen LogP contribution < -0.4 is 0 Å². The van der Waals surface area contributed by atoms with E-state index >= 15 is 0 Å². The summed E-state index contributed by atoms with van der Waals surface area (Å²) in [7, 11) is 0. The third kappa shape index (κ3) is 2.02. The van der Waals surface area contributed by atoms with Crippen molar-refractivity contribution in [2.45, 2.75) is 84.7 Å². The molecule has 3 aliphatic carbocycles. The molecule has 0 radical (unpaired) electrons. The highest BCUT2D eigenvalue weighted by atomic mass is 16.6. The normalized spacial score (nSPS) is 43.1. The molecule has 2 heteroatoms. The highest BCUT2D eigenvalue weighted by Crippen LogP contribution is 2.68. The van der Waals surface area contributed by atoms with Crippen LogP contribution in [0.5, 0.6) is 0 Å². The van der Waals surface area contributed by atoms with Crippen molar-refractivity contribution in [1.82, 2.24) is 0 Å².